The lowest BCUT2D eigenvalue weighted by molar-refractivity contribution is 0.00685. The van der Waals surface area contributed by atoms with Crippen molar-refractivity contribution in [1.29, 1.82) is 0 Å². The van der Waals surface area contributed by atoms with Crippen LogP contribution in [0.4, 0.5) is 0 Å². The minimum atomic E-state index is 0.0235. The van der Waals surface area contributed by atoms with Gasteiger partial charge in [0.25, 0.3) is 0 Å². The zero-order chi connectivity index (χ0) is 8.32. The molecule has 0 radical (unpaired) electrons. The van der Waals surface area contributed by atoms with E-state index in [9.17, 15) is 0 Å². The largest absolute Gasteiger partial charge is 0.374 e. The van der Waals surface area contributed by atoms with E-state index in [1.54, 1.807) is 0 Å². The van der Waals surface area contributed by atoms with E-state index < -0.39 is 0 Å². The maximum atomic E-state index is 5.88. The van der Waals surface area contributed by atoms with Gasteiger partial charge in [0.2, 0.25) is 0 Å². The van der Waals surface area contributed by atoms with Crippen LogP contribution < -0.4 is 0 Å². The van der Waals surface area contributed by atoms with Crippen LogP contribution in [-0.4, -0.2) is 18.1 Å². The average Bonchev–Trinajstić information content (AvgIpc) is 2.36. The fraction of sp³-hybridized carbons (Fsp3) is 1.00. The summed E-state index contributed by atoms with van der Waals surface area (Å²) in [7, 11) is 0. The predicted octanol–water partition coefficient (Wildman–Crippen LogP) is 2.82. The summed E-state index contributed by atoms with van der Waals surface area (Å²) >= 11 is 5.88. The third-order valence-electron chi connectivity index (χ3n) is 2.21. The molecule has 0 amide bonds. The molecule has 1 rings (SSSR count). The first-order chi connectivity index (χ1) is 5.18. The molecule has 1 aliphatic rings. The van der Waals surface area contributed by atoms with E-state index >= 15 is 0 Å². The minimum absolute atomic E-state index is 0.0235. The minimum Gasteiger partial charge on any atom is -0.374 e. The number of halogens is 1. The molecule has 0 saturated carbocycles. The average molecular weight is 177 g/mol. The van der Waals surface area contributed by atoms with E-state index in [1.807, 2.05) is 0 Å². The quantitative estimate of drug-likeness (QED) is 0.601. The molecule has 0 aromatic carbocycles. The van der Waals surface area contributed by atoms with Crippen LogP contribution in [0.1, 0.15) is 33.1 Å². The molecule has 1 heterocycles. The Hall–Kier alpha value is 0.250. The smallest absolute Gasteiger partial charge is 0.0820 e. The lowest BCUT2D eigenvalue weighted by atomic mass is 9.91. The number of ether oxygens (including phenoxy) is 1. The highest BCUT2D eigenvalue weighted by Crippen LogP contribution is 2.32. The van der Waals surface area contributed by atoms with Crippen LogP contribution in [0.15, 0.2) is 0 Å². The van der Waals surface area contributed by atoms with Crippen molar-refractivity contribution in [3.63, 3.8) is 0 Å². The van der Waals surface area contributed by atoms with Gasteiger partial charge in [-0.05, 0) is 25.2 Å². The number of hydrogen-bond acceptors (Lipinski definition) is 1. The summed E-state index contributed by atoms with van der Waals surface area (Å²) in [6.45, 7) is 5.34. The van der Waals surface area contributed by atoms with Crippen molar-refractivity contribution in [2.24, 2.45) is 5.92 Å². The fourth-order valence-electron chi connectivity index (χ4n) is 1.82. The van der Waals surface area contributed by atoms with Crippen LogP contribution in [0.2, 0.25) is 0 Å². The lowest BCUT2D eigenvalue weighted by Gasteiger charge is -2.27. The first-order valence-electron chi connectivity index (χ1n) is 4.38. The summed E-state index contributed by atoms with van der Waals surface area (Å²) in [5.41, 5.74) is 0.0235. The number of alkyl halides is 1. The fourth-order valence-corrected chi connectivity index (χ4v) is 2.14. The molecular formula is C9H17ClO. The van der Waals surface area contributed by atoms with Gasteiger partial charge in [-0.3, -0.25) is 0 Å². The Morgan fingerprint density at radius 2 is 2.27 bits per heavy atom. The zero-order valence-electron chi connectivity index (χ0n) is 7.40. The van der Waals surface area contributed by atoms with E-state index in [2.05, 4.69) is 13.8 Å². The third-order valence-corrected chi connectivity index (χ3v) is 2.70. The molecule has 1 unspecified atom stereocenters. The molecule has 0 aromatic heterocycles. The van der Waals surface area contributed by atoms with Crippen LogP contribution in [0.3, 0.4) is 0 Å². The highest BCUT2D eigenvalue weighted by atomic mass is 35.5. The maximum absolute atomic E-state index is 5.88. The van der Waals surface area contributed by atoms with E-state index in [-0.39, 0.29) is 5.60 Å². The second-order valence-electron chi connectivity index (χ2n) is 3.87. The second kappa shape index (κ2) is 3.77. The maximum Gasteiger partial charge on any atom is 0.0820 e. The molecule has 1 atom stereocenters. The van der Waals surface area contributed by atoms with Crippen LogP contribution in [0.25, 0.3) is 0 Å². The molecule has 0 bridgehead atoms. The van der Waals surface area contributed by atoms with Crippen LogP contribution in [0.5, 0.6) is 0 Å². The van der Waals surface area contributed by atoms with Gasteiger partial charge in [0.1, 0.15) is 0 Å². The van der Waals surface area contributed by atoms with Gasteiger partial charge < -0.3 is 4.74 Å². The standard InChI is InChI=1S/C9H17ClO/c1-8(2)6-9(7-10)4-3-5-11-9/h8H,3-7H2,1-2H3. The Bertz CT molecular complexity index is 117. The van der Waals surface area contributed by atoms with Gasteiger partial charge in [-0.1, -0.05) is 13.8 Å². The molecule has 0 aromatic rings. The van der Waals surface area contributed by atoms with Gasteiger partial charge in [0.05, 0.1) is 11.5 Å². The summed E-state index contributed by atoms with van der Waals surface area (Å²) in [6, 6.07) is 0. The summed E-state index contributed by atoms with van der Waals surface area (Å²) in [6.07, 6.45) is 3.44. The Balaban J connectivity index is 2.45. The van der Waals surface area contributed by atoms with Gasteiger partial charge in [-0.15, -0.1) is 11.6 Å². The molecule has 1 fully saturated rings. The van der Waals surface area contributed by atoms with Crippen molar-refractivity contribution < 1.29 is 4.74 Å². The predicted molar refractivity (Wildman–Crippen MR) is 48.1 cm³/mol. The van der Waals surface area contributed by atoms with Crippen molar-refractivity contribution in [3.8, 4) is 0 Å². The van der Waals surface area contributed by atoms with Crippen molar-refractivity contribution in [2.75, 3.05) is 12.5 Å². The van der Waals surface area contributed by atoms with Crippen LogP contribution >= 0.6 is 11.6 Å². The van der Waals surface area contributed by atoms with Crippen LogP contribution in [0, 0.1) is 5.92 Å². The molecule has 11 heavy (non-hydrogen) atoms. The molecular weight excluding hydrogens is 160 g/mol. The molecule has 2 heteroatoms. The van der Waals surface area contributed by atoms with E-state index in [0.29, 0.717) is 11.8 Å². The Morgan fingerprint density at radius 1 is 1.55 bits per heavy atom. The lowest BCUT2D eigenvalue weighted by Crippen LogP contribution is -2.31. The highest BCUT2D eigenvalue weighted by Gasteiger charge is 2.34. The normalized spacial score (nSPS) is 31.6. The summed E-state index contributed by atoms with van der Waals surface area (Å²) in [4.78, 5) is 0. The van der Waals surface area contributed by atoms with Crippen LogP contribution in [-0.2, 0) is 4.74 Å². The first-order valence-corrected chi connectivity index (χ1v) is 4.92. The van der Waals surface area contributed by atoms with Crippen molar-refractivity contribution in [3.05, 3.63) is 0 Å². The first kappa shape index (κ1) is 9.34. The molecule has 0 spiro atoms. The van der Waals surface area contributed by atoms with Gasteiger partial charge in [0.15, 0.2) is 0 Å². The zero-order valence-corrected chi connectivity index (χ0v) is 8.16. The molecule has 66 valence electrons. The van der Waals surface area contributed by atoms with Gasteiger partial charge in [0, 0.05) is 6.61 Å². The highest BCUT2D eigenvalue weighted by molar-refractivity contribution is 6.18. The monoisotopic (exact) mass is 176 g/mol. The SMILES string of the molecule is CC(C)CC1(CCl)CCCO1. The molecule has 0 aliphatic carbocycles. The molecule has 1 saturated heterocycles. The van der Waals surface area contributed by atoms with Gasteiger partial charge >= 0.3 is 0 Å². The Labute approximate surface area is 74.1 Å². The van der Waals surface area contributed by atoms with E-state index in [4.69, 9.17) is 16.3 Å². The van der Waals surface area contributed by atoms with Crippen molar-refractivity contribution >= 4 is 11.6 Å². The van der Waals surface area contributed by atoms with Crippen molar-refractivity contribution in [1.82, 2.24) is 0 Å². The van der Waals surface area contributed by atoms with E-state index in [1.165, 1.54) is 6.42 Å². The molecule has 1 aliphatic heterocycles. The third kappa shape index (κ3) is 2.34. The molecule has 1 nitrogen and oxygen atoms in total. The number of hydrogen-bond donors (Lipinski definition) is 0. The topological polar surface area (TPSA) is 9.23 Å². The summed E-state index contributed by atoms with van der Waals surface area (Å²) < 4.78 is 5.67. The summed E-state index contributed by atoms with van der Waals surface area (Å²) in [5.74, 6) is 1.34. The van der Waals surface area contributed by atoms with Gasteiger partial charge in [-0.2, -0.15) is 0 Å². The summed E-state index contributed by atoms with van der Waals surface area (Å²) in [5, 5.41) is 0. The van der Waals surface area contributed by atoms with Gasteiger partial charge in [-0.25, -0.2) is 0 Å². The number of rotatable bonds is 3. The Kier molecular flexibility index (Phi) is 3.20. The van der Waals surface area contributed by atoms with E-state index in [0.717, 1.165) is 19.4 Å². The van der Waals surface area contributed by atoms with Crippen molar-refractivity contribution in [2.45, 2.75) is 38.7 Å². The molecule has 0 N–H and O–H groups in total. The Morgan fingerprint density at radius 3 is 2.64 bits per heavy atom. The second-order valence-corrected chi connectivity index (χ2v) is 4.13.